The zero-order valence-corrected chi connectivity index (χ0v) is 13.0. The lowest BCUT2D eigenvalue weighted by molar-refractivity contribution is 0.0165. The van der Waals surface area contributed by atoms with E-state index in [9.17, 15) is 0 Å². The van der Waals surface area contributed by atoms with E-state index in [4.69, 9.17) is 4.74 Å². The average molecular weight is 275 g/mol. The minimum Gasteiger partial charge on any atom is -0.374 e. The van der Waals surface area contributed by atoms with Gasteiger partial charge in [0, 0.05) is 6.54 Å². The standard InChI is InChI=1S/C18H29NO/c1-15(2)12-19-13-16-8-6-7-9-17(16)14-20-18-10-4-3-5-11-18/h6-9,15,18-19H,3-5,10-14H2,1-2H3. The molecule has 2 heteroatoms. The summed E-state index contributed by atoms with van der Waals surface area (Å²) in [7, 11) is 0. The molecule has 0 aliphatic heterocycles. The summed E-state index contributed by atoms with van der Waals surface area (Å²) in [5.74, 6) is 0.695. The van der Waals surface area contributed by atoms with E-state index in [0.29, 0.717) is 12.0 Å². The molecule has 1 saturated carbocycles. The van der Waals surface area contributed by atoms with E-state index < -0.39 is 0 Å². The monoisotopic (exact) mass is 275 g/mol. The minimum absolute atomic E-state index is 0.487. The SMILES string of the molecule is CC(C)CNCc1ccccc1COC1CCCCC1. The van der Waals surface area contributed by atoms with Gasteiger partial charge in [0.15, 0.2) is 0 Å². The molecule has 0 radical (unpaired) electrons. The Morgan fingerprint density at radius 3 is 2.50 bits per heavy atom. The molecule has 0 aromatic heterocycles. The second-order valence-electron chi connectivity index (χ2n) is 6.36. The number of hydrogen-bond acceptors (Lipinski definition) is 2. The zero-order chi connectivity index (χ0) is 14.2. The predicted molar refractivity (Wildman–Crippen MR) is 84.6 cm³/mol. The average Bonchev–Trinajstić information content (AvgIpc) is 2.47. The van der Waals surface area contributed by atoms with Crippen molar-refractivity contribution in [3.05, 3.63) is 35.4 Å². The van der Waals surface area contributed by atoms with Gasteiger partial charge in [-0.05, 0) is 36.4 Å². The van der Waals surface area contributed by atoms with Crippen LogP contribution in [0.4, 0.5) is 0 Å². The van der Waals surface area contributed by atoms with Crippen LogP contribution in [0.3, 0.4) is 0 Å². The zero-order valence-electron chi connectivity index (χ0n) is 13.0. The molecule has 1 fully saturated rings. The Bertz CT molecular complexity index is 383. The maximum atomic E-state index is 6.11. The fraction of sp³-hybridized carbons (Fsp3) is 0.667. The Balaban J connectivity index is 1.83. The van der Waals surface area contributed by atoms with Gasteiger partial charge in [-0.3, -0.25) is 0 Å². The van der Waals surface area contributed by atoms with Crippen LogP contribution in [0.15, 0.2) is 24.3 Å². The minimum atomic E-state index is 0.487. The maximum Gasteiger partial charge on any atom is 0.0723 e. The molecule has 0 bridgehead atoms. The second kappa shape index (κ2) is 8.43. The summed E-state index contributed by atoms with van der Waals surface area (Å²) in [6.45, 7) is 7.26. The third-order valence-electron chi connectivity index (χ3n) is 4.01. The van der Waals surface area contributed by atoms with Crippen molar-refractivity contribution in [2.45, 2.75) is 65.2 Å². The lowest BCUT2D eigenvalue weighted by atomic mass is 9.98. The first-order valence-electron chi connectivity index (χ1n) is 8.15. The molecule has 0 spiro atoms. The Labute approximate surface area is 123 Å². The highest BCUT2D eigenvalue weighted by Crippen LogP contribution is 2.22. The highest BCUT2D eigenvalue weighted by Gasteiger charge is 2.14. The van der Waals surface area contributed by atoms with Gasteiger partial charge in [0.05, 0.1) is 12.7 Å². The summed E-state index contributed by atoms with van der Waals surface area (Å²) in [5.41, 5.74) is 2.72. The number of ether oxygens (including phenoxy) is 1. The molecular weight excluding hydrogens is 246 g/mol. The van der Waals surface area contributed by atoms with Crippen LogP contribution in [-0.2, 0) is 17.9 Å². The van der Waals surface area contributed by atoms with Gasteiger partial charge in [-0.15, -0.1) is 0 Å². The highest BCUT2D eigenvalue weighted by atomic mass is 16.5. The first-order chi connectivity index (χ1) is 9.75. The number of benzene rings is 1. The molecule has 0 heterocycles. The van der Waals surface area contributed by atoms with Gasteiger partial charge in [0.1, 0.15) is 0 Å². The van der Waals surface area contributed by atoms with Crippen LogP contribution < -0.4 is 5.32 Å². The van der Waals surface area contributed by atoms with Crippen LogP contribution in [0.5, 0.6) is 0 Å². The molecule has 112 valence electrons. The van der Waals surface area contributed by atoms with E-state index in [-0.39, 0.29) is 0 Å². The highest BCUT2D eigenvalue weighted by molar-refractivity contribution is 5.26. The molecule has 20 heavy (non-hydrogen) atoms. The molecule has 0 atom stereocenters. The van der Waals surface area contributed by atoms with Gasteiger partial charge in [-0.2, -0.15) is 0 Å². The van der Waals surface area contributed by atoms with Crippen LogP contribution in [0, 0.1) is 5.92 Å². The molecule has 2 nitrogen and oxygen atoms in total. The van der Waals surface area contributed by atoms with E-state index in [0.717, 1.165) is 19.7 Å². The summed E-state index contributed by atoms with van der Waals surface area (Å²) in [6, 6.07) is 8.66. The Morgan fingerprint density at radius 2 is 1.80 bits per heavy atom. The third-order valence-corrected chi connectivity index (χ3v) is 4.01. The van der Waals surface area contributed by atoms with Crippen molar-refractivity contribution in [1.82, 2.24) is 5.32 Å². The number of rotatable bonds is 7. The molecular formula is C18H29NO. The van der Waals surface area contributed by atoms with E-state index in [2.05, 4.69) is 43.4 Å². The van der Waals surface area contributed by atoms with Crippen molar-refractivity contribution in [3.8, 4) is 0 Å². The van der Waals surface area contributed by atoms with Crippen molar-refractivity contribution < 1.29 is 4.74 Å². The van der Waals surface area contributed by atoms with Gasteiger partial charge in [-0.25, -0.2) is 0 Å². The maximum absolute atomic E-state index is 6.11. The van der Waals surface area contributed by atoms with E-state index in [1.54, 1.807) is 0 Å². The molecule has 0 saturated heterocycles. The first kappa shape index (κ1) is 15.5. The third kappa shape index (κ3) is 5.26. The van der Waals surface area contributed by atoms with Crippen LogP contribution in [0.2, 0.25) is 0 Å². The molecule has 0 amide bonds. The van der Waals surface area contributed by atoms with E-state index >= 15 is 0 Å². The number of hydrogen-bond donors (Lipinski definition) is 1. The van der Waals surface area contributed by atoms with Gasteiger partial charge in [-0.1, -0.05) is 57.4 Å². The van der Waals surface area contributed by atoms with Crippen molar-refractivity contribution in [1.29, 1.82) is 0 Å². The normalized spacial score (nSPS) is 16.8. The lowest BCUT2D eigenvalue weighted by Gasteiger charge is -2.22. The smallest absolute Gasteiger partial charge is 0.0723 e. The topological polar surface area (TPSA) is 21.3 Å². The Kier molecular flexibility index (Phi) is 6.55. The van der Waals surface area contributed by atoms with E-state index in [1.165, 1.54) is 43.2 Å². The largest absolute Gasteiger partial charge is 0.374 e. The summed E-state index contributed by atoms with van der Waals surface area (Å²) >= 11 is 0. The van der Waals surface area contributed by atoms with Gasteiger partial charge in [0.2, 0.25) is 0 Å². The van der Waals surface area contributed by atoms with Crippen LogP contribution in [0.1, 0.15) is 57.1 Å². The van der Waals surface area contributed by atoms with Gasteiger partial charge < -0.3 is 10.1 Å². The quantitative estimate of drug-likeness (QED) is 0.802. The molecule has 1 aromatic rings. The Hall–Kier alpha value is -0.860. The molecule has 1 N–H and O–H groups in total. The summed E-state index contributed by atoms with van der Waals surface area (Å²) in [4.78, 5) is 0. The van der Waals surface area contributed by atoms with Gasteiger partial charge in [0.25, 0.3) is 0 Å². The van der Waals surface area contributed by atoms with Crippen molar-refractivity contribution in [2.24, 2.45) is 5.92 Å². The summed E-state index contributed by atoms with van der Waals surface area (Å²) < 4.78 is 6.11. The van der Waals surface area contributed by atoms with E-state index in [1.807, 2.05) is 0 Å². The van der Waals surface area contributed by atoms with Gasteiger partial charge >= 0.3 is 0 Å². The van der Waals surface area contributed by atoms with Crippen molar-refractivity contribution in [2.75, 3.05) is 6.54 Å². The molecule has 0 unspecified atom stereocenters. The van der Waals surface area contributed by atoms with Crippen LogP contribution in [-0.4, -0.2) is 12.6 Å². The summed E-state index contributed by atoms with van der Waals surface area (Å²) in [5, 5.41) is 3.52. The summed E-state index contributed by atoms with van der Waals surface area (Å²) in [6.07, 6.45) is 7.03. The Morgan fingerprint density at radius 1 is 1.10 bits per heavy atom. The van der Waals surface area contributed by atoms with Crippen molar-refractivity contribution in [3.63, 3.8) is 0 Å². The second-order valence-corrected chi connectivity index (χ2v) is 6.36. The van der Waals surface area contributed by atoms with Crippen LogP contribution in [0.25, 0.3) is 0 Å². The predicted octanol–water partition coefficient (Wildman–Crippen LogP) is 4.28. The fourth-order valence-corrected chi connectivity index (χ4v) is 2.81. The molecule has 1 aliphatic rings. The van der Waals surface area contributed by atoms with Crippen LogP contribution >= 0.6 is 0 Å². The number of nitrogens with one attached hydrogen (secondary N) is 1. The first-order valence-corrected chi connectivity index (χ1v) is 8.15. The lowest BCUT2D eigenvalue weighted by Crippen LogP contribution is -2.20. The molecule has 1 aromatic carbocycles. The molecule has 1 aliphatic carbocycles. The fourth-order valence-electron chi connectivity index (χ4n) is 2.81. The molecule has 2 rings (SSSR count). The van der Waals surface area contributed by atoms with Crippen molar-refractivity contribution >= 4 is 0 Å².